The van der Waals surface area contributed by atoms with Gasteiger partial charge in [0.25, 0.3) is 0 Å². The van der Waals surface area contributed by atoms with Gasteiger partial charge >= 0.3 is 0 Å². The lowest BCUT2D eigenvalue weighted by molar-refractivity contribution is 0.0492. The first-order valence-corrected chi connectivity index (χ1v) is 6.86. The lowest BCUT2D eigenvalue weighted by Crippen LogP contribution is -2.22. The summed E-state index contributed by atoms with van der Waals surface area (Å²) in [6.45, 7) is 3.22. The van der Waals surface area contributed by atoms with Crippen LogP contribution in [-0.4, -0.2) is 34.0 Å². The number of hydrogen-bond donors (Lipinski definition) is 1. The van der Waals surface area contributed by atoms with Gasteiger partial charge in [0, 0.05) is 25.3 Å². The largest absolute Gasteiger partial charge is 0.493 e. The van der Waals surface area contributed by atoms with Crippen molar-refractivity contribution in [2.75, 3.05) is 34.0 Å². The Hall–Kier alpha value is -1.26. The highest BCUT2D eigenvalue weighted by atomic mass is 16.5. The molecule has 0 aliphatic carbocycles. The molecule has 1 heterocycles. The Morgan fingerprint density at radius 2 is 2.11 bits per heavy atom. The summed E-state index contributed by atoms with van der Waals surface area (Å²) in [7, 11) is 3.61. The number of rotatable bonds is 6. The highest BCUT2D eigenvalue weighted by Crippen LogP contribution is 2.32. The summed E-state index contributed by atoms with van der Waals surface area (Å²) in [6, 6.07) is 6.00. The molecule has 1 aromatic carbocycles. The maximum atomic E-state index is 6.03. The molecule has 4 nitrogen and oxygen atoms in total. The van der Waals surface area contributed by atoms with Gasteiger partial charge in [-0.2, -0.15) is 0 Å². The fourth-order valence-corrected chi connectivity index (χ4v) is 2.33. The number of methoxy groups -OCH3 is 1. The van der Waals surface area contributed by atoms with E-state index >= 15 is 0 Å². The molecule has 4 heteroatoms. The van der Waals surface area contributed by atoms with Crippen LogP contribution in [-0.2, 0) is 11.3 Å². The Bertz CT molecular complexity index is 389. The summed E-state index contributed by atoms with van der Waals surface area (Å²) in [5.74, 6) is 2.26. The molecular formula is C15H23NO3. The fraction of sp³-hybridized carbons (Fsp3) is 0.600. The van der Waals surface area contributed by atoms with Crippen molar-refractivity contribution >= 4 is 0 Å². The summed E-state index contributed by atoms with van der Waals surface area (Å²) >= 11 is 0. The minimum Gasteiger partial charge on any atom is -0.493 e. The van der Waals surface area contributed by atoms with E-state index in [1.165, 1.54) is 0 Å². The number of ether oxygens (including phenoxy) is 3. The van der Waals surface area contributed by atoms with Gasteiger partial charge in [-0.3, -0.25) is 0 Å². The van der Waals surface area contributed by atoms with E-state index in [0.717, 1.165) is 56.3 Å². The number of hydrogen-bond acceptors (Lipinski definition) is 4. The summed E-state index contributed by atoms with van der Waals surface area (Å²) in [5, 5.41) is 3.16. The predicted octanol–water partition coefficient (Wildman–Crippen LogP) is 2.22. The lowest BCUT2D eigenvalue weighted by Gasteiger charge is -2.23. The van der Waals surface area contributed by atoms with Crippen LogP contribution < -0.4 is 14.8 Å². The van der Waals surface area contributed by atoms with Crippen LogP contribution in [0, 0.1) is 5.92 Å². The first-order chi connectivity index (χ1) is 9.35. The van der Waals surface area contributed by atoms with Gasteiger partial charge in [-0.05, 0) is 31.9 Å². The van der Waals surface area contributed by atoms with Crippen molar-refractivity contribution in [3.05, 3.63) is 23.8 Å². The van der Waals surface area contributed by atoms with E-state index in [1.54, 1.807) is 7.11 Å². The first-order valence-electron chi connectivity index (χ1n) is 6.86. The molecule has 2 rings (SSSR count). The quantitative estimate of drug-likeness (QED) is 0.856. The molecule has 1 fully saturated rings. The van der Waals surface area contributed by atoms with E-state index < -0.39 is 0 Å². The van der Waals surface area contributed by atoms with E-state index in [4.69, 9.17) is 14.2 Å². The third kappa shape index (κ3) is 3.85. The van der Waals surface area contributed by atoms with Crippen LogP contribution in [0.4, 0.5) is 0 Å². The van der Waals surface area contributed by atoms with Gasteiger partial charge in [0.2, 0.25) is 0 Å². The molecule has 0 bridgehead atoms. The Morgan fingerprint density at radius 3 is 2.79 bits per heavy atom. The third-order valence-corrected chi connectivity index (χ3v) is 3.45. The molecule has 0 radical (unpaired) electrons. The van der Waals surface area contributed by atoms with E-state index in [-0.39, 0.29) is 0 Å². The summed E-state index contributed by atoms with van der Waals surface area (Å²) < 4.78 is 16.8. The maximum absolute atomic E-state index is 6.03. The Morgan fingerprint density at radius 1 is 1.32 bits per heavy atom. The Labute approximate surface area is 115 Å². The van der Waals surface area contributed by atoms with Crippen molar-refractivity contribution in [2.45, 2.75) is 19.4 Å². The van der Waals surface area contributed by atoms with E-state index in [9.17, 15) is 0 Å². The van der Waals surface area contributed by atoms with Crippen molar-refractivity contribution in [1.29, 1.82) is 0 Å². The minimum absolute atomic E-state index is 0.584. The molecular weight excluding hydrogens is 242 g/mol. The molecule has 1 aliphatic heterocycles. The SMILES string of the molecule is CNCc1cccc(OC)c1OCC1CCOCC1. The van der Waals surface area contributed by atoms with Crippen LogP contribution in [0.2, 0.25) is 0 Å². The molecule has 0 atom stereocenters. The van der Waals surface area contributed by atoms with Gasteiger partial charge in [-0.1, -0.05) is 12.1 Å². The molecule has 1 N–H and O–H groups in total. The minimum atomic E-state index is 0.584. The monoisotopic (exact) mass is 265 g/mol. The van der Waals surface area contributed by atoms with Crippen LogP contribution in [0.3, 0.4) is 0 Å². The number of para-hydroxylation sites is 1. The van der Waals surface area contributed by atoms with Crippen LogP contribution in [0.15, 0.2) is 18.2 Å². The first kappa shape index (κ1) is 14.2. The molecule has 0 aromatic heterocycles. The molecule has 1 aliphatic rings. The van der Waals surface area contributed by atoms with Crippen molar-refractivity contribution in [3.63, 3.8) is 0 Å². The van der Waals surface area contributed by atoms with Crippen molar-refractivity contribution in [1.82, 2.24) is 5.32 Å². The Kier molecular flexibility index (Phi) is 5.48. The fourth-order valence-electron chi connectivity index (χ4n) is 2.33. The highest BCUT2D eigenvalue weighted by Gasteiger charge is 2.17. The van der Waals surface area contributed by atoms with Crippen LogP contribution in [0.25, 0.3) is 0 Å². The average molecular weight is 265 g/mol. The van der Waals surface area contributed by atoms with Crippen molar-refractivity contribution in [2.24, 2.45) is 5.92 Å². The summed E-state index contributed by atoms with van der Waals surface area (Å²) in [5.41, 5.74) is 1.13. The van der Waals surface area contributed by atoms with Gasteiger partial charge in [0.15, 0.2) is 11.5 Å². The number of benzene rings is 1. The zero-order valence-corrected chi connectivity index (χ0v) is 11.8. The third-order valence-electron chi connectivity index (χ3n) is 3.45. The molecule has 1 saturated heterocycles. The molecule has 1 aromatic rings. The predicted molar refractivity (Wildman–Crippen MR) is 74.8 cm³/mol. The molecule has 0 spiro atoms. The van der Waals surface area contributed by atoms with Crippen LogP contribution >= 0.6 is 0 Å². The van der Waals surface area contributed by atoms with Crippen LogP contribution in [0.1, 0.15) is 18.4 Å². The van der Waals surface area contributed by atoms with Crippen molar-refractivity contribution < 1.29 is 14.2 Å². The Balaban J connectivity index is 2.03. The molecule has 19 heavy (non-hydrogen) atoms. The van der Waals surface area contributed by atoms with E-state index in [1.807, 2.05) is 19.2 Å². The second kappa shape index (κ2) is 7.36. The van der Waals surface area contributed by atoms with Crippen molar-refractivity contribution in [3.8, 4) is 11.5 Å². The standard InChI is InChI=1S/C15H23NO3/c1-16-10-13-4-3-5-14(17-2)15(13)19-11-12-6-8-18-9-7-12/h3-5,12,16H,6-11H2,1-2H3. The van der Waals surface area contributed by atoms with Gasteiger partial charge < -0.3 is 19.5 Å². The van der Waals surface area contributed by atoms with Gasteiger partial charge in [0.05, 0.1) is 13.7 Å². The average Bonchev–Trinajstić information content (AvgIpc) is 2.47. The molecule has 106 valence electrons. The maximum Gasteiger partial charge on any atom is 0.165 e. The molecule has 0 amide bonds. The van der Waals surface area contributed by atoms with Crippen LogP contribution in [0.5, 0.6) is 11.5 Å². The van der Waals surface area contributed by atoms with Gasteiger partial charge in [0.1, 0.15) is 0 Å². The second-order valence-electron chi connectivity index (χ2n) is 4.85. The molecule has 0 saturated carbocycles. The normalized spacial score (nSPS) is 16.3. The highest BCUT2D eigenvalue weighted by molar-refractivity contribution is 5.46. The zero-order valence-electron chi connectivity index (χ0n) is 11.8. The second-order valence-corrected chi connectivity index (χ2v) is 4.85. The zero-order chi connectivity index (χ0) is 13.5. The smallest absolute Gasteiger partial charge is 0.165 e. The van der Waals surface area contributed by atoms with E-state index in [0.29, 0.717) is 5.92 Å². The summed E-state index contributed by atoms with van der Waals surface area (Å²) in [6.07, 6.45) is 2.16. The summed E-state index contributed by atoms with van der Waals surface area (Å²) in [4.78, 5) is 0. The topological polar surface area (TPSA) is 39.7 Å². The van der Waals surface area contributed by atoms with Gasteiger partial charge in [-0.25, -0.2) is 0 Å². The van der Waals surface area contributed by atoms with Gasteiger partial charge in [-0.15, -0.1) is 0 Å². The lowest BCUT2D eigenvalue weighted by atomic mass is 10.0. The number of nitrogens with one attached hydrogen (secondary N) is 1. The van der Waals surface area contributed by atoms with E-state index in [2.05, 4.69) is 11.4 Å². The molecule has 0 unspecified atom stereocenters.